The summed E-state index contributed by atoms with van der Waals surface area (Å²) >= 11 is 0. The Hall–Kier alpha value is -4.20. The Morgan fingerprint density at radius 2 is 1.76 bits per heavy atom. The Morgan fingerprint density at radius 1 is 1.03 bits per heavy atom. The lowest BCUT2D eigenvalue weighted by Crippen LogP contribution is -2.25. The Morgan fingerprint density at radius 3 is 2.45 bits per heavy atom. The van der Waals surface area contributed by atoms with E-state index in [0.717, 1.165) is 18.4 Å². The number of anilines is 1. The smallest absolute Gasteiger partial charge is 0.261 e. The molecule has 0 bridgehead atoms. The molecular formula is C25H22FN5O2. The molecule has 2 aromatic heterocycles. The third-order valence-electron chi connectivity index (χ3n) is 5.57. The highest BCUT2D eigenvalue weighted by atomic mass is 19.1. The predicted molar refractivity (Wildman–Crippen MR) is 122 cm³/mol. The molecule has 0 unspecified atom stereocenters. The molecule has 0 aliphatic heterocycles. The van der Waals surface area contributed by atoms with Gasteiger partial charge < -0.3 is 15.2 Å². The van der Waals surface area contributed by atoms with Crippen molar-refractivity contribution in [1.29, 1.82) is 0 Å². The van der Waals surface area contributed by atoms with Crippen LogP contribution in [0, 0.1) is 12.7 Å². The van der Waals surface area contributed by atoms with Crippen molar-refractivity contribution in [2.24, 2.45) is 0 Å². The van der Waals surface area contributed by atoms with Crippen molar-refractivity contribution in [3.05, 3.63) is 95.7 Å². The number of aromatic nitrogens is 3. The van der Waals surface area contributed by atoms with E-state index in [0.29, 0.717) is 28.3 Å². The normalized spacial score (nSPS) is 13.0. The van der Waals surface area contributed by atoms with Gasteiger partial charge in [-0.05, 0) is 73.9 Å². The van der Waals surface area contributed by atoms with Crippen LogP contribution in [0.2, 0.25) is 0 Å². The van der Waals surface area contributed by atoms with E-state index in [1.165, 1.54) is 18.3 Å². The zero-order chi connectivity index (χ0) is 22.9. The second-order valence-electron chi connectivity index (χ2n) is 8.09. The number of rotatable bonds is 6. The van der Waals surface area contributed by atoms with Gasteiger partial charge in [0.1, 0.15) is 11.4 Å². The largest absolute Gasteiger partial charge is 0.349 e. The van der Waals surface area contributed by atoms with Gasteiger partial charge in [0.05, 0.1) is 11.9 Å². The summed E-state index contributed by atoms with van der Waals surface area (Å²) in [5.41, 5.74) is 2.84. The van der Waals surface area contributed by atoms with Crippen molar-refractivity contribution in [3.8, 4) is 11.5 Å². The lowest BCUT2D eigenvalue weighted by molar-refractivity contribution is 0.0949. The summed E-state index contributed by atoms with van der Waals surface area (Å²) in [7, 11) is 0. The molecule has 1 saturated carbocycles. The molecule has 0 saturated heterocycles. The first-order valence-corrected chi connectivity index (χ1v) is 10.7. The molecule has 1 aliphatic carbocycles. The molecule has 33 heavy (non-hydrogen) atoms. The molecule has 4 aromatic rings. The summed E-state index contributed by atoms with van der Waals surface area (Å²) in [6, 6.07) is 15.1. The van der Waals surface area contributed by atoms with Crippen LogP contribution in [0.1, 0.15) is 39.1 Å². The van der Waals surface area contributed by atoms with E-state index in [9.17, 15) is 14.0 Å². The quantitative estimate of drug-likeness (QED) is 0.467. The minimum atomic E-state index is -0.366. The zero-order valence-electron chi connectivity index (χ0n) is 18.0. The maximum Gasteiger partial charge on any atom is 0.261 e. The highest BCUT2D eigenvalue weighted by Gasteiger charge is 2.24. The maximum absolute atomic E-state index is 13.4. The topological polar surface area (TPSA) is 81.0 Å². The van der Waals surface area contributed by atoms with E-state index in [1.807, 2.05) is 37.5 Å². The summed E-state index contributed by atoms with van der Waals surface area (Å²) in [6.45, 7) is 1.87. The third kappa shape index (κ3) is 4.27. The fourth-order valence-corrected chi connectivity index (χ4v) is 3.58. The zero-order valence-corrected chi connectivity index (χ0v) is 18.0. The molecule has 2 heterocycles. The van der Waals surface area contributed by atoms with Crippen LogP contribution >= 0.6 is 0 Å². The monoisotopic (exact) mass is 443 g/mol. The number of carbonyl (C=O) groups is 2. The van der Waals surface area contributed by atoms with Crippen LogP contribution in [0.5, 0.6) is 0 Å². The van der Waals surface area contributed by atoms with Crippen LogP contribution in [0.25, 0.3) is 11.5 Å². The summed E-state index contributed by atoms with van der Waals surface area (Å²) < 4.78 is 16.8. The first-order chi connectivity index (χ1) is 16.0. The number of aryl methyl sites for hydroxylation is 1. The second kappa shape index (κ2) is 8.38. The van der Waals surface area contributed by atoms with Gasteiger partial charge in [0.2, 0.25) is 0 Å². The van der Waals surface area contributed by atoms with Crippen LogP contribution in [0.15, 0.2) is 73.2 Å². The van der Waals surface area contributed by atoms with Crippen LogP contribution < -0.4 is 10.6 Å². The number of benzene rings is 2. The molecule has 8 heteroatoms. The van der Waals surface area contributed by atoms with Gasteiger partial charge in [-0.25, -0.2) is 9.07 Å². The molecule has 2 amide bonds. The highest BCUT2D eigenvalue weighted by molar-refractivity contribution is 6.07. The number of carbonyl (C=O) groups excluding carboxylic acids is 2. The Bertz CT molecular complexity index is 1320. The molecule has 7 nitrogen and oxygen atoms in total. The number of nitrogens with zero attached hydrogens (tertiary/aromatic N) is 3. The van der Waals surface area contributed by atoms with Gasteiger partial charge in [-0.15, -0.1) is 0 Å². The van der Waals surface area contributed by atoms with Crippen LogP contribution in [-0.2, 0) is 0 Å². The number of halogens is 1. The van der Waals surface area contributed by atoms with Gasteiger partial charge in [-0.3, -0.25) is 9.59 Å². The standard InChI is InChI=1S/C25H22FN5O2/c1-16-4-5-17(23(32)28-19-8-9-19)14-22(16)29-24(33)21-15-27-31(20-10-6-18(26)7-11-20)25(21)30-12-2-3-13-30/h2-7,10-15,19H,8-9H2,1H3,(H,28,32)(H,29,33). The summed E-state index contributed by atoms with van der Waals surface area (Å²) in [5, 5.41) is 10.3. The highest BCUT2D eigenvalue weighted by Crippen LogP contribution is 2.24. The van der Waals surface area contributed by atoms with Gasteiger partial charge in [-0.2, -0.15) is 5.10 Å². The number of amides is 2. The van der Waals surface area contributed by atoms with Crippen LogP contribution in [0.3, 0.4) is 0 Å². The van der Waals surface area contributed by atoms with Crippen LogP contribution in [-0.4, -0.2) is 32.2 Å². The molecular weight excluding hydrogens is 421 g/mol. The number of hydrogen-bond acceptors (Lipinski definition) is 3. The predicted octanol–water partition coefficient (Wildman–Crippen LogP) is 4.26. The summed E-state index contributed by atoms with van der Waals surface area (Å²) in [4.78, 5) is 25.8. The first kappa shape index (κ1) is 20.7. The maximum atomic E-state index is 13.4. The van der Waals surface area contributed by atoms with Gasteiger partial charge in [0.15, 0.2) is 5.82 Å². The Labute approximate surface area is 189 Å². The van der Waals surface area contributed by atoms with Gasteiger partial charge >= 0.3 is 0 Å². The van der Waals surface area contributed by atoms with Crippen molar-refractivity contribution < 1.29 is 14.0 Å². The van der Waals surface area contributed by atoms with E-state index in [2.05, 4.69) is 15.7 Å². The van der Waals surface area contributed by atoms with Gasteiger partial charge in [0.25, 0.3) is 11.8 Å². The molecule has 1 fully saturated rings. The van der Waals surface area contributed by atoms with E-state index in [4.69, 9.17) is 0 Å². The second-order valence-corrected chi connectivity index (χ2v) is 8.09. The van der Waals surface area contributed by atoms with Crippen molar-refractivity contribution >= 4 is 17.5 Å². The van der Waals surface area contributed by atoms with E-state index in [-0.39, 0.29) is 23.7 Å². The third-order valence-corrected chi connectivity index (χ3v) is 5.57. The lowest BCUT2D eigenvalue weighted by atomic mass is 10.1. The summed E-state index contributed by atoms with van der Waals surface area (Å²) in [6.07, 6.45) is 7.10. The van der Waals surface area contributed by atoms with E-state index in [1.54, 1.807) is 33.5 Å². The molecule has 1 aliphatic rings. The fraction of sp³-hybridized carbons (Fsp3) is 0.160. The molecule has 2 N–H and O–H groups in total. The summed E-state index contributed by atoms with van der Waals surface area (Å²) in [5.74, 6) is -0.350. The minimum absolute atomic E-state index is 0.148. The van der Waals surface area contributed by atoms with Crippen molar-refractivity contribution in [2.75, 3.05) is 5.32 Å². The molecule has 5 rings (SSSR count). The van der Waals surface area contributed by atoms with Crippen molar-refractivity contribution in [3.63, 3.8) is 0 Å². The Kier molecular flexibility index (Phi) is 5.26. The number of hydrogen-bond donors (Lipinski definition) is 2. The Balaban J connectivity index is 1.48. The van der Waals surface area contributed by atoms with E-state index < -0.39 is 0 Å². The van der Waals surface area contributed by atoms with E-state index >= 15 is 0 Å². The molecule has 166 valence electrons. The lowest BCUT2D eigenvalue weighted by Gasteiger charge is -2.13. The molecule has 2 aromatic carbocycles. The van der Waals surface area contributed by atoms with Crippen LogP contribution in [0.4, 0.5) is 10.1 Å². The first-order valence-electron chi connectivity index (χ1n) is 10.7. The van der Waals surface area contributed by atoms with Crippen molar-refractivity contribution in [2.45, 2.75) is 25.8 Å². The average molecular weight is 443 g/mol. The minimum Gasteiger partial charge on any atom is -0.349 e. The molecule has 0 radical (unpaired) electrons. The van der Waals surface area contributed by atoms with Gasteiger partial charge in [0, 0.05) is 29.7 Å². The average Bonchev–Trinajstić information content (AvgIpc) is 3.27. The SMILES string of the molecule is Cc1ccc(C(=O)NC2CC2)cc1NC(=O)c1cnn(-c2ccc(F)cc2)c1-n1cccc1. The fourth-order valence-electron chi connectivity index (χ4n) is 3.58. The molecule has 0 atom stereocenters. The van der Waals surface area contributed by atoms with Gasteiger partial charge in [-0.1, -0.05) is 6.07 Å². The van der Waals surface area contributed by atoms with Crippen molar-refractivity contribution in [1.82, 2.24) is 19.7 Å². The number of nitrogens with one attached hydrogen (secondary N) is 2. The molecule has 0 spiro atoms.